The van der Waals surface area contributed by atoms with Crippen molar-refractivity contribution in [1.29, 1.82) is 0 Å². The van der Waals surface area contributed by atoms with Crippen molar-refractivity contribution in [1.82, 2.24) is 10.2 Å². The lowest BCUT2D eigenvalue weighted by Gasteiger charge is -2.08. The van der Waals surface area contributed by atoms with E-state index in [0.717, 1.165) is 16.9 Å². The van der Waals surface area contributed by atoms with Crippen LogP contribution in [0.3, 0.4) is 0 Å². The summed E-state index contributed by atoms with van der Waals surface area (Å²) in [6.07, 6.45) is 0. The Morgan fingerprint density at radius 1 is 1.15 bits per heavy atom. The minimum Gasteiger partial charge on any atom is -0.465 e. The number of methoxy groups -OCH3 is 1. The van der Waals surface area contributed by atoms with Crippen molar-refractivity contribution in [2.45, 2.75) is 11.8 Å². The van der Waals surface area contributed by atoms with Crippen molar-refractivity contribution in [3.63, 3.8) is 0 Å². The number of benzene rings is 2. The summed E-state index contributed by atoms with van der Waals surface area (Å²) < 4.78 is 32.3. The van der Waals surface area contributed by atoms with Gasteiger partial charge in [0, 0.05) is 10.6 Å². The van der Waals surface area contributed by atoms with Gasteiger partial charge in [-0.3, -0.25) is 4.72 Å². The third-order valence-corrected chi connectivity index (χ3v) is 6.27. The maximum absolute atomic E-state index is 12.6. The highest BCUT2D eigenvalue weighted by Crippen LogP contribution is 2.29. The van der Waals surface area contributed by atoms with Crippen LogP contribution in [0, 0.1) is 6.92 Å². The zero-order valence-electron chi connectivity index (χ0n) is 14.3. The molecule has 0 fully saturated rings. The van der Waals surface area contributed by atoms with Crippen LogP contribution in [0.1, 0.15) is 15.9 Å². The van der Waals surface area contributed by atoms with Crippen molar-refractivity contribution in [3.8, 4) is 10.6 Å². The maximum Gasteiger partial charge on any atom is 0.338 e. The van der Waals surface area contributed by atoms with Crippen LogP contribution in [0.5, 0.6) is 0 Å². The molecule has 0 amide bonds. The first-order chi connectivity index (χ1) is 12.8. The van der Waals surface area contributed by atoms with Crippen molar-refractivity contribution in [3.05, 3.63) is 58.6 Å². The van der Waals surface area contributed by atoms with E-state index in [1.165, 1.54) is 19.2 Å². The lowest BCUT2D eigenvalue weighted by Crippen LogP contribution is -2.14. The molecule has 0 radical (unpaired) electrons. The average molecular weight is 424 g/mol. The summed E-state index contributed by atoms with van der Waals surface area (Å²) in [5.74, 6) is -0.606. The van der Waals surface area contributed by atoms with Gasteiger partial charge in [-0.15, -0.1) is 10.2 Å². The van der Waals surface area contributed by atoms with Crippen LogP contribution >= 0.6 is 22.9 Å². The number of sulfonamides is 1. The Morgan fingerprint density at radius 3 is 2.52 bits per heavy atom. The molecule has 1 heterocycles. The molecular weight excluding hydrogens is 410 g/mol. The second kappa shape index (κ2) is 7.63. The first kappa shape index (κ1) is 19.3. The van der Waals surface area contributed by atoms with E-state index >= 15 is 0 Å². The summed E-state index contributed by atoms with van der Waals surface area (Å²) >= 11 is 6.94. The van der Waals surface area contributed by atoms with Gasteiger partial charge in [-0.1, -0.05) is 41.1 Å². The third-order valence-electron chi connectivity index (χ3n) is 3.66. The molecule has 27 heavy (non-hydrogen) atoms. The number of aryl methyl sites for hydroxylation is 1. The van der Waals surface area contributed by atoms with Gasteiger partial charge in [0.2, 0.25) is 5.13 Å². The van der Waals surface area contributed by atoms with Gasteiger partial charge in [0.25, 0.3) is 10.0 Å². The molecule has 1 N–H and O–H groups in total. The average Bonchev–Trinajstić information content (AvgIpc) is 3.09. The fraction of sp³-hybridized carbons (Fsp3) is 0.118. The topological polar surface area (TPSA) is 98.2 Å². The first-order valence-corrected chi connectivity index (χ1v) is 10.3. The molecule has 0 aliphatic heterocycles. The molecule has 3 aromatic rings. The van der Waals surface area contributed by atoms with E-state index in [1.54, 1.807) is 37.3 Å². The third kappa shape index (κ3) is 4.26. The number of hydrogen-bond donors (Lipinski definition) is 1. The van der Waals surface area contributed by atoms with Crippen molar-refractivity contribution in [2.75, 3.05) is 11.8 Å². The Kier molecular flexibility index (Phi) is 5.45. The number of anilines is 1. The SMILES string of the molecule is COC(=O)c1cc(S(=O)(=O)Nc2nnc(-c3ccc(Cl)cc3)s2)ccc1C. The van der Waals surface area contributed by atoms with Crippen LogP contribution in [-0.4, -0.2) is 31.7 Å². The molecule has 0 spiro atoms. The standard InChI is InChI=1S/C17H14ClN3O4S2/c1-10-3-8-13(9-14(10)16(22)25-2)27(23,24)21-17-20-19-15(26-17)11-4-6-12(18)7-5-11/h3-9H,1-2H3,(H,20,21). The normalized spacial score (nSPS) is 11.2. The predicted octanol–water partition coefficient (Wildman–Crippen LogP) is 3.75. The Balaban J connectivity index is 1.87. The molecule has 0 atom stereocenters. The molecule has 140 valence electrons. The molecule has 0 unspecified atom stereocenters. The Hall–Kier alpha value is -2.49. The van der Waals surface area contributed by atoms with Gasteiger partial charge in [0.15, 0.2) is 0 Å². The van der Waals surface area contributed by atoms with E-state index in [-0.39, 0.29) is 15.6 Å². The number of esters is 1. The van der Waals surface area contributed by atoms with Crippen LogP contribution in [0.15, 0.2) is 47.4 Å². The number of nitrogens with zero attached hydrogens (tertiary/aromatic N) is 2. The predicted molar refractivity (Wildman–Crippen MR) is 104 cm³/mol. The van der Waals surface area contributed by atoms with Crippen molar-refractivity contribution >= 4 is 44.1 Å². The lowest BCUT2D eigenvalue weighted by atomic mass is 10.1. The highest BCUT2D eigenvalue weighted by molar-refractivity contribution is 7.93. The van der Waals surface area contributed by atoms with Gasteiger partial charge in [0.05, 0.1) is 17.6 Å². The first-order valence-electron chi connectivity index (χ1n) is 7.61. The number of ether oxygens (including phenoxy) is 1. The Bertz CT molecular complexity index is 1100. The number of rotatable bonds is 5. The molecule has 0 saturated heterocycles. The fourth-order valence-corrected chi connectivity index (χ4v) is 4.38. The second-order valence-electron chi connectivity index (χ2n) is 5.49. The van der Waals surface area contributed by atoms with Gasteiger partial charge in [-0.2, -0.15) is 0 Å². The highest BCUT2D eigenvalue weighted by Gasteiger charge is 2.20. The van der Waals surface area contributed by atoms with E-state index in [1.807, 2.05) is 0 Å². The molecule has 10 heteroatoms. The smallest absolute Gasteiger partial charge is 0.338 e. The molecule has 0 bridgehead atoms. The van der Waals surface area contributed by atoms with Gasteiger partial charge < -0.3 is 4.74 Å². The van der Waals surface area contributed by atoms with E-state index in [2.05, 4.69) is 19.7 Å². The number of aromatic nitrogens is 2. The number of halogens is 1. The number of nitrogens with one attached hydrogen (secondary N) is 1. The van der Waals surface area contributed by atoms with E-state index in [4.69, 9.17) is 11.6 Å². The van der Waals surface area contributed by atoms with Crippen LogP contribution in [0.2, 0.25) is 5.02 Å². The summed E-state index contributed by atoms with van der Waals surface area (Å²) in [5, 5.41) is 9.11. The second-order valence-corrected chi connectivity index (χ2v) is 8.59. The number of hydrogen-bond acceptors (Lipinski definition) is 7. The summed E-state index contributed by atoms with van der Waals surface area (Å²) in [6, 6.07) is 11.2. The molecule has 1 aromatic heterocycles. The highest BCUT2D eigenvalue weighted by atomic mass is 35.5. The summed E-state index contributed by atoms with van der Waals surface area (Å²) in [7, 11) is -2.70. The fourth-order valence-electron chi connectivity index (χ4n) is 2.25. The zero-order chi connectivity index (χ0) is 19.6. The van der Waals surface area contributed by atoms with Crippen LogP contribution in [0.25, 0.3) is 10.6 Å². The van der Waals surface area contributed by atoms with Crippen LogP contribution in [0.4, 0.5) is 5.13 Å². The van der Waals surface area contributed by atoms with E-state index in [9.17, 15) is 13.2 Å². The number of carbonyl (C=O) groups is 1. The maximum atomic E-state index is 12.6. The Labute approximate surface area is 165 Å². The summed E-state index contributed by atoms with van der Waals surface area (Å²) in [6.45, 7) is 1.69. The minimum atomic E-state index is -3.94. The van der Waals surface area contributed by atoms with Gasteiger partial charge in [-0.05, 0) is 36.8 Å². The summed E-state index contributed by atoms with van der Waals surface area (Å²) in [5.41, 5.74) is 1.56. The molecule has 2 aromatic carbocycles. The minimum absolute atomic E-state index is 0.0725. The number of carbonyl (C=O) groups excluding carboxylic acids is 1. The monoisotopic (exact) mass is 423 g/mol. The quantitative estimate of drug-likeness (QED) is 0.627. The van der Waals surface area contributed by atoms with E-state index < -0.39 is 16.0 Å². The molecule has 0 saturated carbocycles. The Morgan fingerprint density at radius 2 is 1.85 bits per heavy atom. The van der Waals surface area contributed by atoms with Gasteiger partial charge >= 0.3 is 5.97 Å². The van der Waals surface area contributed by atoms with Crippen molar-refractivity contribution in [2.24, 2.45) is 0 Å². The van der Waals surface area contributed by atoms with Gasteiger partial charge in [0.1, 0.15) is 5.01 Å². The van der Waals surface area contributed by atoms with Crippen molar-refractivity contribution < 1.29 is 17.9 Å². The summed E-state index contributed by atoms with van der Waals surface area (Å²) in [4.78, 5) is 11.7. The molecule has 0 aliphatic rings. The molecular formula is C17H14ClN3O4S2. The van der Waals surface area contributed by atoms with Gasteiger partial charge in [-0.25, -0.2) is 13.2 Å². The van der Waals surface area contributed by atoms with Crippen LogP contribution in [-0.2, 0) is 14.8 Å². The molecule has 3 rings (SSSR count). The molecule has 7 nitrogen and oxygen atoms in total. The lowest BCUT2D eigenvalue weighted by molar-refractivity contribution is 0.0599. The molecule has 0 aliphatic carbocycles. The van der Waals surface area contributed by atoms with Crippen LogP contribution < -0.4 is 4.72 Å². The van der Waals surface area contributed by atoms with E-state index in [0.29, 0.717) is 15.6 Å². The largest absolute Gasteiger partial charge is 0.465 e. The zero-order valence-corrected chi connectivity index (χ0v) is 16.7.